The number of nitrogens with one attached hydrogen (secondary N) is 1. The first-order valence-corrected chi connectivity index (χ1v) is 6.94. The maximum atomic E-state index is 11.8. The monoisotopic (exact) mass is 258 g/mol. The molecule has 1 unspecified atom stereocenters. The van der Waals surface area contributed by atoms with Gasteiger partial charge in [0.1, 0.15) is 0 Å². The summed E-state index contributed by atoms with van der Waals surface area (Å²) in [4.78, 5) is 14.0. The zero-order valence-corrected chi connectivity index (χ0v) is 11.3. The van der Waals surface area contributed by atoms with Gasteiger partial charge in [0.05, 0.1) is 12.7 Å². The molecule has 17 heavy (non-hydrogen) atoms. The summed E-state index contributed by atoms with van der Waals surface area (Å²) in [7, 11) is 2.08. The molecule has 0 spiro atoms. The maximum Gasteiger partial charge on any atom is 0.220 e. The van der Waals surface area contributed by atoms with Crippen LogP contribution < -0.4 is 5.32 Å². The summed E-state index contributed by atoms with van der Waals surface area (Å²) in [6.07, 6.45) is 3.06. The van der Waals surface area contributed by atoms with Crippen molar-refractivity contribution in [3.8, 4) is 0 Å². The molecule has 0 aromatic rings. The quantitative estimate of drug-likeness (QED) is 0.707. The zero-order valence-electron chi connectivity index (χ0n) is 10.4. The van der Waals surface area contributed by atoms with E-state index < -0.39 is 0 Å². The van der Waals surface area contributed by atoms with E-state index in [0.717, 1.165) is 38.3 Å². The molecule has 1 saturated carbocycles. The minimum atomic E-state index is 0.142. The molecule has 1 atom stereocenters. The van der Waals surface area contributed by atoms with Crippen LogP contribution in [-0.2, 0) is 9.53 Å². The molecular weight excluding hydrogens is 236 g/mol. The van der Waals surface area contributed by atoms with E-state index in [9.17, 15) is 4.79 Å². The van der Waals surface area contributed by atoms with Gasteiger partial charge >= 0.3 is 0 Å². The van der Waals surface area contributed by atoms with Crippen LogP contribution in [0.4, 0.5) is 0 Å². The number of hydrogen-bond acceptors (Lipinski definition) is 4. The van der Waals surface area contributed by atoms with Crippen molar-refractivity contribution < 1.29 is 9.53 Å². The van der Waals surface area contributed by atoms with Gasteiger partial charge in [-0.25, -0.2) is 0 Å². The number of nitrogens with zero attached hydrogens (tertiary/aromatic N) is 1. The van der Waals surface area contributed by atoms with Crippen LogP contribution in [0.3, 0.4) is 0 Å². The lowest BCUT2D eigenvalue weighted by molar-refractivity contribution is -0.123. The van der Waals surface area contributed by atoms with E-state index in [2.05, 4.69) is 29.9 Å². The molecule has 1 aliphatic carbocycles. The predicted octanol–water partition coefficient (Wildman–Crippen LogP) is 0.533. The van der Waals surface area contributed by atoms with Gasteiger partial charge in [0.15, 0.2) is 0 Å². The molecular formula is C12H22N2O2S. The van der Waals surface area contributed by atoms with Crippen molar-refractivity contribution in [1.82, 2.24) is 10.2 Å². The lowest BCUT2D eigenvalue weighted by Crippen LogP contribution is -2.46. The second-order valence-electron chi connectivity index (χ2n) is 5.39. The summed E-state index contributed by atoms with van der Waals surface area (Å²) >= 11 is 4.31. The first-order valence-electron chi connectivity index (χ1n) is 6.31. The summed E-state index contributed by atoms with van der Waals surface area (Å²) in [6, 6.07) is 0. The lowest BCUT2D eigenvalue weighted by Gasteiger charge is -2.30. The van der Waals surface area contributed by atoms with Crippen molar-refractivity contribution in [3.05, 3.63) is 0 Å². The number of morpholine rings is 1. The molecule has 1 N–H and O–H groups in total. The van der Waals surface area contributed by atoms with Gasteiger partial charge in [0.25, 0.3) is 0 Å². The SMILES string of the molecule is CN1CCOC(CNC(=O)CC2(CS)CC2)C1. The number of thiol groups is 1. The van der Waals surface area contributed by atoms with Crippen LogP contribution >= 0.6 is 12.6 Å². The average molecular weight is 258 g/mol. The fraction of sp³-hybridized carbons (Fsp3) is 0.917. The van der Waals surface area contributed by atoms with E-state index in [0.29, 0.717) is 13.0 Å². The Hall–Kier alpha value is -0.260. The van der Waals surface area contributed by atoms with E-state index >= 15 is 0 Å². The van der Waals surface area contributed by atoms with E-state index in [1.807, 2.05) is 0 Å². The summed E-state index contributed by atoms with van der Waals surface area (Å²) in [5.74, 6) is 0.969. The average Bonchev–Trinajstić information content (AvgIpc) is 3.07. The minimum absolute atomic E-state index is 0.142. The van der Waals surface area contributed by atoms with Crippen molar-refractivity contribution in [1.29, 1.82) is 0 Å². The number of rotatable bonds is 5. The van der Waals surface area contributed by atoms with Gasteiger partial charge in [0, 0.05) is 26.1 Å². The van der Waals surface area contributed by atoms with E-state index in [1.54, 1.807) is 0 Å². The molecule has 0 radical (unpaired) electrons. The number of hydrogen-bond donors (Lipinski definition) is 2. The molecule has 1 heterocycles. The van der Waals surface area contributed by atoms with Crippen LogP contribution in [0.15, 0.2) is 0 Å². The first kappa shape index (κ1) is 13.2. The molecule has 0 aromatic heterocycles. The zero-order chi connectivity index (χ0) is 12.3. The number of amides is 1. The Kier molecular flexibility index (Phi) is 4.33. The minimum Gasteiger partial charge on any atom is -0.374 e. The molecule has 2 fully saturated rings. The summed E-state index contributed by atoms with van der Waals surface area (Å²) in [5, 5.41) is 2.98. The number of ether oxygens (including phenoxy) is 1. The van der Waals surface area contributed by atoms with Crippen LogP contribution in [0.1, 0.15) is 19.3 Å². The third kappa shape index (κ3) is 3.86. The topological polar surface area (TPSA) is 41.6 Å². The Morgan fingerprint density at radius 3 is 2.94 bits per heavy atom. The van der Waals surface area contributed by atoms with Crippen molar-refractivity contribution in [3.63, 3.8) is 0 Å². The van der Waals surface area contributed by atoms with Crippen LogP contribution in [-0.4, -0.2) is 56.0 Å². The van der Waals surface area contributed by atoms with Crippen LogP contribution in [0.25, 0.3) is 0 Å². The van der Waals surface area contributed by atoms with Gasteiger partial charge < -0.3 is 15.0 Å². The van der Waals surface area contributed by atoms with E-state index in [-0.39, 0.29) is 17.4 Å². The maximum absolute atomic E-state index is 11.8. The van der Waals surface area contributed by atoms with E-state index in [1.165, 1.54) is 0 Å². The molecule has 4 nitrogen and oxygen atoms in total. The highest BCUT2D eigenvalue weighted by molar-refractivity contribution is 7.80. The Morgan fingerprint density at radius 1 is 1.59 bits per heavy atom. The number of carbonyl (C=O) groups excluding carboxylic acids is 1. The highest BCUT2D eigenvalue weighted by Crippen LogP contribution is 2.49. The largest absolute Gasteiger partial charge is 0.374 e. The summed E-state index contributed by atoms with van der Waals surface area (Å²) in [6.45, 7) is 3.27. The van der Waals surface area contributed by atoms with Gasteiger partial charge in [-0.2, -0.15) is 12.6 Å². The molecule has 0 aromatic carbocycles. The molecule has 98 valence electrons. The van der Waals surface area contributed by atoms with Crippen molar-refractivity contribution in [2.75, 3.05) is 39.0 Å². The summed E-state index contributed by atoms with van der Waals surface area (Å²) < 4.78 is 5.60. The Balaban J connectivity index is 1.65. The first-order chi connectivity index (χ1) is 8.13. The highest BCUT2D eigenvalue weighted by Gasteiger charge is 2.42. The second-order valence-corrected chi connectivity index (χ2v) is 5.71. The standard InChI is InChI=1S/C12H22N2O2S/c1-14-4-5-16-10(8-14)7-13-11(15)6-12(9-17)2-3-12/h10,17H,2-9H2,1H3,(H,13,15). The Bertz CT molecular complexity index is 282. The highest BCUT2D eigenvalue weighted by atomic mass is 32.1. The van der Waals surface area contributed by atoms with Crippen LogP contribution in [0, 0.1) is 5.41 Å². The molecule has 5 heteroatoms. The van der Waals surface area contributed by atoms with Gasteiger partial charge in [-0.1, -0.05) is 0 Å². The predicted molar refractivity (Wildman–Crippen MR) is 70.4 cm³/mol. The smallest absolute Gasteiger partial charge is 0.220 e. The molecule has 2 aliphatic rings. The van der Waals surface area contributed by atoms with Gasteiger partial charge in [-0.3, -0.25) is 4.79 Å². The molecule has 1 amide bonds. The van der Waals surface area contributed by atoms with Crippen molar-refractivity contribution in [2.24, 2.45) is 5.41 Å². The normalized spacial score (nSPS) is 27.8. The van der Waals surface area contributed by atoms with Crippen LogP contribution in [0.2, 0.25) is 0 Å². The molecule has 1 saturated heterocycles. The van der Waals surface area contributed by atoms with Gasteiger partial charge in [-0.15, -0.1) is 0 Å². The number of likely N-dealkylation sites (N-methyl/N-ethyl adjacent to an activating group) is 1. The molecule has 0 bridgehead atoms. The molecule has 1 aliphatic heterocycles. The third-order valence-electron chi connectivity index (χ3n) is 3.70. The van der Waals surface area contributed by atoms with Gasteiger partial charge in [-0.05, 0) is 31.1 Å². The Labute approximate surface area is 108 Å². The van der Waals surface area contributed by atoms with E-state index in [4.69, 9.17) is 4.74 Å². The van der Waals surface area contributed by atoms with Crippen molar-refractivity contribution >= 4 is 18.5 Å². The fourth-order valence-corrected chi connectivity index (χ4v) is 2.62. The number of carbonyl (C=O) groups is 1. The van der Waals surface area contributed by atoms with Gasteiger partial charge in [0.2, 0.25) is 5.91 Å². The summed E-state index contributed by atoms with van der Waals surface area (Å²) in [5.41, 5.74) is 0.206. The third-order valence-corrected chi connectivity index (χ3v) is 4.37. The van der Waals surface area contributed by atoms with Crippen molar-refractivity contribution in [2.45, 2.75) is 25.4 Å². The fourth-order valence-electron chi connectivity index (χ4n) is 2.19. The molecule has 2 rings (SSSR count). The van der Waals surface area contributed by atoms with Crippen LogP contribution in [0.5, 0.6) is 0 Å². The lowest BCUT2D eigenvalue weighted by atomic mass is 10.1. The Morgan fingerprint density at radius 2 is 2.35 bits per heavy atom. The second kappa shape index (κ2) is 5.59.